The van der Waals surface area contributed by atoms with Gasteiger partial charge >= 0.3 is 0 Å². The van der Waals surface area contributed by atoms with Gasteiger partial charge in [-0.15, -0.1) is 0 Å². The Labute approximate surface area is 95.6 Å². The highest BCUT2D eigenvalue weighted by Crippen LogP contribution is 2.17. The number of para-hydroxylation sites is 1. The highest BCUT2D eigenvalue weighted by Gasteiger charge is 2.13. The van der Waals surface area contributed by atoms with Crippen molar-refractivity contribution in [3.05, 3.63) is 29.8 Å². The summed E-state index contributed by atoms with van der Waals surface area (Å²) in [5.74, 6) is 0. The smallest absolute Gasteiger partial charge is 0.0703 e. The van der Waals surface area contributed by atoms with Crippen molar-refractivity contribution in [1.29, 1.82) is 0 Å². The van der Waals surface area contributed by atoms with Crippen LogP contribution in [-0.4, -0.2) is 31.0 Å². The van der Waals surface area contributed by atoms with Gasteiger partial charge in [-0.3, -0.25) is 10.7 Å². The number of hydrogen-bond donors (Lipinski definition) is 3. The number of nitrogens with one attached hydrogen (secondary N) is 2. The van der Waals surface area contributed by atoms with Gasteiger partial charge in [0.1, 0.15) is 0 Å². The van der Waals surface area contributed by atoms with E-state index in [-0.39, 0.29) is 0 Å². The molecule has 0 aromatic heterocycles. The molecule has 1 aliphatic heterocycles. The highest BCUT2D eigenvalue weighted by atomic mass is 16.5. The van der Waals surface area contributed by atoms with Crippen LogP contribution in [-0.2, 0) is 11.2 Å². The van der Waals surface area contributed by atoms with Crippen LogP contribution in [0, 0.1) is 0 Å². The molecule has 1 fully saturated rings. The van der Waals surface area contributed by atoms with Crippen molar-refractivity contribution in [3.63, 3.8) is 0 Å². The van der Waals surface area contributed by atoms with Gasteiger partial charge < -0.3 is 10.1 Å². The number of rotatable bonds is 4. The molecule has 1 atom stereocenters. The van der Waals surface area contributed by atoms with Crippen LogP contribution in [0.15, 0.2) is 24.3 Å². The minimum atomic E-state index is 0.292. The first-order valence-electron chi connectivity index (χ1n) is 5.70. The molecule has 0 amide bonds. The predicted molar refractivity (Wildman–Crippen MR) is 62.8 cm³/mol. The fourth-order valence-electron chi connectivity index (χ4n) is 1.97. The van der Waals surface area contributed by atoms with Crippen molar-refractivity contribution >= 4 is 5.69 Å². The third-order valence-corrected chi connectivity index (χ3v) is 2.88. The average Bonchev–Trinajstić information content (AvgIpc) is 2.38. The van der Waals surface area contributed by atoms with Gasteiger partial charge in [0.2, 0.25) is 0 Å². The largest absolute Gasteiger partial charge is 0.376 e. The van der Waals surface area contributed by atoms with Crippen LogP contribution >= 0.6 is 0 Å². The fraction of sp³-hybridized carbons (Fsp3) is 0.500. The fourth-order valence-corrected chi connectivity index (χ4v) is 1.97. The van der Waals surface area contributed by atoms with Crippen molar-refractivity contribution in [2.24, 2.45) is 0 Å². The first kappa shape index (κ1) is 11.4. The third kappa shape index (κ3) is 2.95. The minimum absolute atomic E-state index is 0.292. The number of anilines is 1. The lowest BCUT2D eigenvalue weighted by molar-refractivity contribution is 0.0238. The second-order valence-electron chi connectivity index (χ2n) is 4.00. The lowest BCUT2D eigenvalue weighted by atomic mass is 10.0. The number of morpholine rings is 1. The van der Waals surface area contributed by atoms with Gasteiger partial charge in [0.25, 0.3) is 0 Å². The minimum Gasteiger partial charge on any atom is -0.376 e. The maximum absolute atomic E-state index is 8.96. The van der Waals surface area contributed by atoms with E-state index in [1.165, 1.54) is 0 Å². The molecular weight excluding hydrogens is 204 g/mol. The molecule has 0 bridgehead atoms. The Bertz CT molecular complexity index is 325. The van der Waals surface area contributed by atoms with Gasteiger partial charge in [-0.25, -0.2) is 0 Å². The van der Waals surface area contributed by atoms with Crippen molar-refractivity contribution in [2.45, 2.75) is 18.9 Å². The summed E-state index contributed by atoms with van der Waals surface area (Å²) in [7, 11) is 0. The van der Waals surface area contributed by atoms with Gasteiger partial charge in [0, 0.05) is 13.1 Å². The van der Waals surface area contributed by atoms with Crippen molar-refractivity contribution < 1.29 is 9.94 Å². The van der Waals surface area contributed by atoms with Crippen molar-refractivity contribution in [1.82, 2.24) is 5.32 Å². The summed E-state index contributed by atoms with van der Waals surface area (Å²) in [4.78, 5) is 0. The Balaban J connectivity index is 1.88. The van der Waals surface area contributed by atoms with E-state index in [4.69, 9.17) is 9.94 Å². The molecule has 16 heavy (non-hydrogen) atoms. The molecule has 3 N–H and O–H groups in total. The number of benzene rings is 1. The molecule has 0 spiro atoms. The topological polar surface area (TPSA) is 53.5 Å². The second kappa shape index (κ2) is 5.84. The molecule has 1 saturated heterocycles. The molecule has 88 valence electrons. The summed E-state index contributed by atoms with van der Waals surface area (Å²) in [6.45, 7) is 2.67. The number of aryl methyl sites for hydroxylation is 1. The molecular formula is C12H18N2O2. The third-order valence-electron chi connectivity index (χ3n) is 2.88. The zero-order valence-electron chi connectivity index (χ0n) is 9.28. The Hall–Kier alpha value is -1.10. The van der Waals surface area contributed by atoms with E-state index in [1.54, 1.807) is 0 Å². The van der Waals surface area contributed by atoms with Gasteiger partial charge in [-0.2, -0.15) is 0 Å². The van der Waals surface area contributed by atoms with E-state index in [0.29, 0.717) is 6.10 Å². The molecule has 4 nitrogen and oxygen atoms in total. The van der Waals surface area contributed by atoms with E-state index in [0.717, 1.165) is 43.8 Å². The van der Waals surface area contributed by atoms with Crippen LogP contribution in [0.2, 0.25) is 0 Å². The van der Waals surface area contributed by atoms with Crippen LogP contribution in [0.5, 0.6) is 0 Å². The van der Waals surface area contributed by atoms with E-state index in [2.05, 4.69) is 10.8 Å². The summed E-state index contributed by atoms with van der Waals surface area (Å²) < 4.78 is 5.63. The molecule has 1 unspecified atom stereocenters. The molecule has 0 radical (unpaired) electrons. The summed E-state index contributed by atoms with van der Waals surface area (Å²) in [6, 6.07) is 7.78. The SMILES string of the molecule is ONc1ccccc1CCC1CNCCO1. The van der Waals surface area contributed by atoms with E-state index in [9.17, 15) is 0 Å². The van der Waals surface area contributed by atoms with E-state index >= 15 is 0 Å². The first-order chi connectivity index (χ1) is 7.90. The summed E-state index contributed by atoms with van der Waals surface area (Å²) >= 11 is 0. The standard InChI is InChI=1S/C12H18N2O2/c15-14-12-4-2-1-3-10(12)5-6-11-9-13-7-8-16-11/h1-4,11,13-15H,5-9H2. The number of ether oxygens (including phenoxy) is 1. The van der Waals surface area contributed by atoms with Crippen LogP contribution < -0.4 is 10.8 Å². The zero-order chi connectivity index (χ0) is 11.2. The molecule has 1 heterocycles. The molecule has 2 rings (SSSR count). The van der Waals surface area contributed by atoms with Gasteiger partial charge in [0.15, 0.2) is 0 Å². The van der Waals surface area contributed by atoms with Crippen LogP contribution in [0.4, 0.5) is 5.69 Å². The zero-order valence-corrected chi connectivity index (χ0v) is 9.28. The maximum Gasteiger partial charge on any atom is 0.0703 e. The molecule has 1 aliphatic rings. The Kier molecular flexibility index (Phi) is 4.16. The van der Waals surface area contributed by atoms with Crippen molar-refractivity contribution in [2.75, 3.05) is 25.2 Å². The predicted octanol–water partition coefficient (Wildman–Crippen LogP) is 1.41. The molecule has 4 heteroatoms. The summed E-state index contributed by atoms with van der Waals surface area (Å²) in [5, 5.41) is 12.3. The number of hydrogen-bond acceptors (Lipinski definition) is 4. The molecule has 1 aromatic carbocycles. The van der Waals surface area contributed by atoms with E-state index < -0.39 is 0 Å². The van der Waals surface area contributed by atoms with Gasteiger partial charge in [-0.05, 0) is 24.5 Å². The normalized spacial score (nSPS) is 20.7. The lowest BCUT2D eigenvalue weighted by Gasteiger charge is -2.23. The highest BCUT2D eigenvalue weighted by molar-refractivity contribution is 5.49. The quantitative estimate of drug-likeness (QED) is 0.674. The maximum atomic E-state index is 8.96. The second-order valence-corrected chi connectivity index (χ2v) is 4.00. The summed E-state index contributed by atoms with van der Waals surface area (Å²) in [6.07, 6.45) is 2.18. The first-order valence-corrected chi connectivity index (χ1v) is 5.70. The average molecular weight is 222 g/mol. The lowest BCUT2D eigenvalue weighted by Crippen LogP contribution is -2.38. The molecule has 0 saturated carbocycles. The Morgan fingerprint density at radius 3 is 3.06 bits per heavy atom. The summed E-state index contributed by atoms with van der Waals surface area (Å²) in [5.41, 5.74) is 4.13. The van der Waals surface area contributed by atoms with Crippen LogP contribution in [0.1, 0.15) is 12.0 Å². The van der Waals surface area contributed by atoms with Gasteiger partial charge in [-0.1, -0.05) is 18.2 Å². The van der Waals surface area contributed by atoms with E-state index in [1.807, 2.05) is 24.3 Å². The molecule has 1 aromatic rings. The molecule has 0 aliphatic carbocycles. The van der Waals surface area contributed by atoms with Crippen LogP contribution in [0.3, 0.4) is 0 Å². The monoisotopic (exact) mass is 222 g/mol. The van der Waals surface area contributed by atoms with Gasteiger partial charge in [0.05, 0.1) is 18.4 Å². The van der Waals surface area contributed by atoms with Crippen LogP contribution in [0.25, 0.3) is 0 Å². The Morgan fingerprint density at radius 2 is 2.31 bits per heavy atom. The van der Waals surface area contributed by atoms with Crippen molar-refractivity contribution in [3.8, 4) is 0 Å². The Morgan fingerprint density at radius 1 is 1.44 bits per heavy atom.